The van der Waals surface area contributed by atoms with Crippen molar-refractivity contribution in [1.82, 2.24) is 0 Å². The van der Waals surface area contributed by atoms with Crippen LogP contribution >= 0.6 is 0 Å². The second-order valence-corrected chi connectivity index (χ2v) is 7.02. The van der Waals surface area contributed by atoms with Gasteiger partial charge in [-0.3, -0.25) is 0 Å². The van der Waals surface area contributed by atoms with Gasteiger partial charge in [0.05, 0.1) is 6.10 Å². The summed E-state index contributed by atoms with van der Waals surface area (Å²) in [6.45, 7) is 2.24. The summed E-state index contributed by atoms with van der Waals surface area (Å²) in [4.78, 5) is 0. The fourth-order valence-corrected chi connectivity index (χ4v) is 4.68. The first-order valence-corrected chi connectivity index (χ1v) is 7.97. The van der Waals surface area contributed by atoms with Crippen molar-refractivity contribution in [2.24, 2.45) is 5.92 Å². The molecule has 0 radical (unpaired) electrons. The molecule has 0 bridgehead atoms. The van der Waals surface area contributed by atoms with Crippen LogP contribution in [0.2, 0.25) is 0 Å². The number of fused-ring (bicyclic) bond motifs is 6. The lowest BCUT2D eigenvalue weighted by atomic mass is 9.91. The van der Waals surface area contributed by atoms with Crippen molar-refractivity contribution in [3.05, 3.63) is 53.6 Å². The van der Waals surface area contributed by atoms with Gasteiger partial charge in [-0.15, -0.1) is 0 Å². The smallest absolute Gasteiger partial charge is 0.116 e. The molecule has 3 aromatic carbocycles. The molecule has 2 nitrogen and oxygen atoms in total. The summed E-state index contributed by atoms with van der Waals surface area (Å²) >= 11 is 0. The fraction of sp³-hybridized carbons (Fsp3) is 0.300. The van der Waals surface area contributed by atoms with Gasteiger partial charge in [0.15, 0.2) is 0 Å². The quantitative estimate of drug-likeness (QED) is 0.617. The number of hydrogen-bond donors (Lipinski definition) is 2. The predicted molar refractivity (Wildman–Crippen MR) is 88.3 cm³/mol. The van der Waals surface area contributed by atoms with Gasteiger partial charge < -0.3 is 10.2 Å². The molecule has 1 saturated carbocycles. The van der Waals surface area contributed by atoms with Gasteiger partial charge in [0.2, 0.25) is 0 Å². The van der Waals surface area contributed by atoms with E-state index in [1.54, 1.807) is 6.07 Å². The molecule has 3 aromatic rings. The van der Waals surface area contributed by atoms with Crippen molar-refractivity contribution in [1.29, 1.82) is 0 Å². The minimum Gasteiger partial charge on any atom is -0.508 e. The number of phenolic OH excluding ortho intramolecular Hbond substituents is 1. The Bertz CT molecular complexity index is 943. The summed E-state index contributed by atoms with van der Waals surface area (Å²) in [5.74, 6) is 0.874. The maximum Gasteiger partial charge on any atom is 0.116 e. The van der Waals surface area contributed by atoms with Crippen LogP contribution in [0.5, 0.6) is 5.75 Å². The summed E-state index contributed by atoms with van der Waals surface area (Å²) in [6, 6.07) is 14.2. The van der Waals surface area contributed by atoms with Gasteiger partial charge in [-0.25, -0.2) is 0 Å². The Morgan fingerprint density at radius 3 is 2.50 bits per heavy atom. The molecule has 5 rings (SSSR count). The van der Waals surface area contributed by atoms with E-state index in [1.807, 2.05) is 12.1 Å². The Balaban J connectivity index is 1.86. The van der Waals surface area contributed by atoms with E-state index < -0.39 is 0 Å². The van der Waals surface area contributed by atoms with E-state index >= 15 is 0 Å². The van der Waals surface area contributed by atoms with Gasteiger partial charge in [0.1, 0.15) is 5.75 Å². The Morgan fingerprint density at radius 2 is 1.73 bits per heavy atom. The van der Waals surface area contributed by atoms with Crippen molar-refractivity contribution in [3.63, 3.8) is 0 Å². The highest BCUT2D eigenvalue weighted by molar-refractivity contribution is 6.09. The maximum atomic E-state index is 10.6. The second-order valence-electron chi connectivity index (χ2n) is 7.02. The van der Waals surface area contributed by atoms with Gasteiger partial charge >= 0.3 is 0 Å². The molecular formula is C20H18O2. The Kier molecular flexibility index (Phi) is 2.17. The zero-order chi connectivity index (χ0) is 15.1. The highest BCUT2D eigenvalue weighted by atomic mass is 16.3. The summed E-state index contributed by atoms with van der Waals surface area (Å²) in [5, 5.41) is 25.0. The number of benzene rings is 3. The Labute approximate surface area is 129 Å². The highest BCUT2D eigenvalue weighted by Crippen LogP contribution is 2.62. The molecule has 2 N–H and O–H groups in total. The summed E-state index contributed by atoms with van der Waals surface area (Å²) in [7, 11) is 0. The molecule has 22 heavy (non-hydrogen) atoms. The van der Waals surface area contributed by atoms with Crippen molar-refractivity contribution >= 4 is 21.5 Å². The second kappa shape index (κ2) is 3.82. The maximum absolute atomic E-state index is 10.6. The molecule has 110 valence electrons. The van der Waals surface area contributed by atoms with Gasteiger partial charge in [0.25, 0.3) is 0 Å². The van der Waals surface area contributed by atoms with Crippen LogP contribution in [-0.4, -0.2) is 16.3 Å². The molecule has 0 aliphatic heterocycles. The van der Waals surface area contributed by atoms with E-state index in [-0.39, 0.29) is 11.5 Å². The molecule has 0 aromatic heterocycles. The van der Waals surface area contributed by atoms with Gasteiger partial charge in [-0.05, 0) is 57.1 Å². The van der Waals surface area contributed by atoms with E-state index in [1.165, 1.54) is 21.9 Å². The average molecular weight is 290 g/mol. The zero-order valence-corrected chi connectivity index (χ0v) is 12.5. The first kappa shape index (κ1) is 12.5. The topological polar surface area (TPSA) is 40.5 Å². The van der Waals surface area contributed by atoms with Crippen LogP contribution in [0, 0.1) is 5.92 Å². The number of aliphatic hydroxyl groups is 1. The van der Waals surface area contributed by atoms with Crippen LogP contribution in [-0.2, 0) is 11.8 Å². The molecule has 3 atom stereocenters. The lowest BCUT2D eigenvalue weighted by Gasteiger charge is -2.15. The normalized spacial score (nSPS) is 29.4. The van der Waals surface area contributed by atoms with E-state index in [0.717, 1.165) is 23.6 Å². The fourth-order valence-electron chi connectivity index (χ4n) is 4.68. The molecule has 0 heterocycles. The highest BCUT2D eigenvalue weighted by Gasteiger charge is 2.61. The number of phenols is 1. The molecule has 2 aliphatic carbocycles. The first-order valence-electron chi connectivity index (χ1n) is 7.97. The number of hydrogen-bond acceptors (Lipinski definition) is 2. The third-order valence-corrected chi connectivity index (χ3v) is 5.97. The number of aromatic hydroxyl groups is 1. The van der Waals surface area contributed by atoms with Crippen LogP contribution in [0.1, 0.15) is 24.5 Å². The Hall–Kier alpha value is -2.06. The lowest BCUT2D eigenvalue weighted by Crippen LogP contribution is -2.22. The number of rotatable bonds is 0. The lowest BCUT2D eigenvalue weighted by molar-refractivity contribution is 0.140. The van der Waals surface area contributed by atoms with Crippen LogP contribution < -0.4 is 0 Å². The third kappa shape index (κ3) is 1.34. The molecule has 2 aliphatic rings. The van der Waals surface area contributed by atoms with Gasteiger partial charge in [-0.1, -0.05) is 37.3 Å². The van der Waals surface area contributed by atoms with Gasteiger partial charge in [0, 0.05) is 11.8 Å². The summed E-state index contributed by atoms with van der Waals surface area (Å²) < 4.78 is 0. The minimum atomic E-state index is -0.247. The van der Waals surface area contributed by atoms with Crippen molar-refractivity contribution in [2.75, 3.05) is 0 Å². The van der Waals surface area contributed by atoms with Crippen LogP contribution in [0.3, 0.4) is 0 Å². The summed E-state index contributed by atoms with van der Waals surface area (Å²) in [6.07, 6.45) is 1.60. The van der Waals surface area contributed by atoms with E-state index in [2.05, 4.69) is 31.2 Å². The molecular weight excluding hydrogens is 272 g/mol. The molecule has 0 saturated heterocycles. The van der Waals surface area contributed by atoms with Crippen molar-refractivity contribution in [3.8, 4) is 5.75 Å². The van der Waals surface area contributed by atoms with Crippen molar-refractivity contribution in [2.45, 2.75) is 31.3 Å². The monoisotopic (exact) mass is 290 g/mol. The summed E-state index contributed by atoms with van der Waals surface area (Å²) in [5.41, 5.74) is 2.66. The minimum absolute atomic E-state index is 0.0112. The van der Waals surface area contributed by atoms with E-state index in [4.69, 9.17) is 0 Å². The molecule has 2 unspecified atom stereocenters. The van der Waals surface area contributed by atoms with Gasteiger partial charge in [-0.2, -0.15) is 0 Å². The molecule has 1 fully saturated rings. The number of aliphatic hydroxyl groups excluding tert-OH is 1. The van der Waals surface area contributed by atoms with E-state index in [9.17, 15) is 10.2 Å². The SMILES string of the molecule is CC1C[C@]12c1ccc3c(ccc4ccc(O)cc43)c1CC2O. The Morgan fingerprint density at radius 1 is 1.00 bits per heavy atom. The molecule has 0 amide bonds. The first-order chi connectivity index (χ1) is 10.6. The van der Waals surface area contributed by atoms with E-state index in [0.29, 0.717) is 11.7 Å². The van der Waals surface area contributed by atoms with Crippen LogP contribution in [0.15, 0.2) is 42.5 Å². The zero-order valence-electron chi connectivity index (χ0n) is 12.5. The van der Waals surface area contributed by atoms with Crippen molar-refractivity contribution < 1.29 is 10.2 Å². The molecule has 2 heteroatoms. The van der Waals surface area contributed by atoms with Crippen LogP contribution in [0.25, 0.3) is 21.5 Å². The third-order valence-electron chi connectivity index (χ3n) is 5.97. The average Bonchev–Trinajstić information content (AvgIpc) is 3.10. The predicted octanol–water partition coefficient (Wildman–Crippen LogP) is 3.89. The standard InChI is InChI=1S/C20H18O2/c1-11-10-20(11)18-7-6-14-15(17(18)9-19(20)22)5-3-12-2-4-13(21)8-16(12)14/h2-8,11,19,21-22H,9-10H2,1H3/t11?,19?,20-/m1/s1. The molecule has 1 spiro atoms. The largest absolute Gasteiger partial charge is 0.508 e. The van der Waals surface area contributed by atoms with Crippen LogP contribution in [0.4, 0.5) is 0 Å².